The number of anilines is 2. The van der Waals surface area contributed by atoms with E-state index in [-0.39, 0.29) is 5.91 Å². The van der Waals surface area contributed by atoms with Crippen molar-refractivity contribution in [2.75, 3.05) is 16.8 Å². The Morgan fingerprint density at radius 3 is 2.89 bits per heavy atom. The quantitative estimate of drug-likeness (QED) is 0.850. The molecule has 3 N–H and O–H groups in total. The van der Waals surface area contributed by atoms with Gasteiger partial charge in [0.2, 0.25) is 5.91 Å². The molecule has 0 bridgehead atoms. The van der Waals surface area contributed by atoms with Gasteiger partial charge in [0.05, 0.1) is 5.75 Å². The number of nitrogen functional groups attached to an aromatic ring is 1. The Morgan fingerprint density at radius 2 is 2.21 bits per heavy atom. The summed E-state index contributed by atoms with van der Waals surface area (Å²) >= 11 is 7.24. The lowest BCUT2D eigenvalue weighted by Gasteiger charge is -2.05. The first kappa shape index (κ1) is 13.7. The van der Waals surface area contributed by atoms with Crippen molar-refractivity contribution in [1.29, 1.82) is 0 Å². The van der Waals surface area contributed by atoms with Crippen LogP contribution in [0.3, 0.4) is 0 Å². The van der Waals surface area contributed by atoms with E-state index in [9.17, 15) is 4.79 Å². The molecule has 0 saturated carbocycles. The molecule has 0 aliphatic heterocycles. The molecule has 0 spiro atoms. The van der Waals surface area contributed by atoms with Gasteiger partial charge in [-0.15, -0.1) is 11.8 Å². The summed E-state index contributed by atoms with van der Waals surface area (Å²) < 4.78 is 0. The highest BCUT2D eigenvalue weighted by Gasteiger charge is 2.04. The summed E-state index contributed by atoms with van der Waals surface area (Å²) in [6, 6.07) is 10.6. The highest BCUT2D eigenvalue weighted by atomic mass is 35.5. The maximum atomic E-state index is 11.7. The second-order valence-electron chi connectivity index (χ2n) is 3.77. The average molecular weight is 294 g/mol. The van der Waals surface area contributed by atoms with Crippen LogP contribution in [0.2, 0.25) is 5.02 Å². The third kappa shape index (κ3) is 4.46. The van der Waals surface area contributed by atoms with E-state index in [1.165, 1.54) is 11.8 Å². The molecule has 98 valence electrons. The summed E-state index contributed by atoms with van der Waals surface area (Å²) in [6.45, 7) is 0. The molecule has 19 heavy (non-hydrogen) atoms. The van der Waals surface area contributed by atoms with E-state index < -0.39 is 0 Å². The zero-order chi connectivity index (χ0) is 13.7. The van der Waals surface area contributed by atoms with E-state index in [0.717, 1.165) is 4.90 Å². The van der Waals surface area contributed by atoms with Crippen LogP contribution in [-0.4, -0.2) is 16.6 Å². The van der Waals surface area contributed by atoms with Gasteiger partial charge in [0.1, 0.15) is 5.82 Å². The van der Waals surface area contributed by atoms with Gasteiger partial charge >= 0.3 is 0 Å². The maximum absolute atomic E-state index is 11.7. The Morgan fingerprint density at radius 1 is 1.37 bits per heavy atom. The van der Waals surface area contributed by atoms with Crippen molar-refractivity contribution in [3.8, 4) is 0 Å². The van der Waals surface area contributed by atoms with Crippen molar-refractivity contribution in [2.24, 2.45) is 0 Å². The van der Waals surface area contributed by atoms with Crippen LogP contribution in [0.15, 0.2) is 47.5 Å². The lowest BCUT2D eigenvalue weighted by molar-refractivity contribution is -0.113. The number of nitrogens with two attached hydrogens (primary N) is 1. The summed E-state index contributed by atoms with van der Waals surface area (Å²) in [7, 11) is 0. The molecule has 0 radical (unpaired) electrons. The van der Waals surface area contributed by atoms with Crippen LogP contribution in [0.4, 0.5) is 11.5 Å². The molecule has 0 fully saturated rings. The van der Waals surface area contributed by atoms with Gasteiger partial charge in [-0.3, -0.25) is 4.79 Å². The first-order valence-corrected chi connectivity index (χ1v) is 6.89. The summed E-state index contributed by atoms with van der Waals surface area (Å²) in [5.74, 6) is 0.676. The second kappa shape index (κ2) is 6.45. The zero-order valence-electron chi connectivity index (χ0n) is 9.97. The van der Waals surface area contributed by atoms with Crippen LogP contribution in [0, 0.1) is 0 Å². The molecule has 2 aromatic rings. The minimum Gasteiger partial charge on any atom is -0.384 e. The molecule has 0 atom stereocenters. The molecule has 0 unspecified atom stereocenters. The van der Waals surface area contributed by atoms with E-state index >= 15 is 0 Å². The summed E-state index contributed by atoms with van der Waals surface area (Å²) in [6.07, 6.45) is 1.65. The molecule has 1 amide bonds. The topological polar surface area (TPSA) is 68.0 Å². The number of rotatable bonds is 4. The van der Waals surface area contributed by atoms with Gasteiger partial charge in [0.15, 0.2) is 0 Å². The number of carbonyl (C=O) groups excluding carboxylic acids is 1. The Hall–Kier alpha value is -1.72. The minimum absolute atomic E-state index is 0.0934. The first-order chi connectivity index (χ1) is 9.13. The van der Waals surface area contributed by atoms with Crippen LogP contribution in [0.1, 0.15) is 0 Å². The Bertz CT molecular complexity index is 574. The zero-order valence-corrected chi connectivity index (χ0v) is 11.5. The Balaban J connectivity index is 1.86. The normalized spacial score (nSPS) is 10.2. The van der Waals surface area contributed by atoms with Crippen molar-refractivity contribution >= 4 is 40.8 Å². The van der Waals surface area contributed by atoms with Gasteiger partial charge in [-0.2, -0.15) is 0 Å². The predicted molar refractivity (Wildman–Crippen MR) is 79.5 cm³/mol. The largest absolute Gasteiger partial charge is 0.384 e. The van der Waals surface area contributed by atoms with Crippen LogP contribution in [0.5, 0.6) is 0 Å². The third-order valence-corrected chi connectivity index (χ3v) is 3.45. The number of nitrogens with one attached hydrogen (secondary N) is 1. The van der Waals surface area contributed by atoms with Crippen molar-refractivity contribution in [3.63, 3.8) is 0 Å². The number of thioether (sulfide) groups is 1. The fourth-order valence-electron chi connectivity index (χ4n) is 1.39. The standard InChI is InChI=1S/C13H12ClN3OS/c14-9-2-1-3-10(6-9)17-13(18)8-19-11-4-5-12(15)16-7-11/h1-7H,8H2,(H2,15,16)(H,17,18). The SMILES string of the molecule is Nc1ccc(SCC(=O)Nc2cccc(Cl)c2)cn1. The summed E-state index contributed by atoms with van der Waals surface area (Å²) in [5, 5.41) is 3.37. The molecule has 0 saturated heterocycles. The van der Waals surface area contributed by atoms with Gasteiger partial charge in [-0.1, -0.05) is 17.7 Å². The van der Waals surface area contributed by atoms with E-state index in [0.29, 0.717) is 22.3 Å². The van der Waals surface area contributed by atoms with E-state index in [2.05, 4.69) is 10.3 Å². The van der Waals surface area contributed by atoms with E-state index in [4.69, 9.17) is 17.3 Å². The van der Waals surface area contributed by atoms with Gasteiger partial charge in [-0.25, -0.2) is 4.98 Å². The maximum Gasteiger partial charge on any atom is 0.234 e. The van der Waals surface area contributed by atoms with E-state index in [1.54, 1.807) is 36.5 Å². The van der Waals surface area contributed by atoms with Gasteiger partial charge < -0.3 is 11.1 Å². The van der Waals surface area contributed by atoms with Crippen molar-refractivity contribution in [3.05, 3.63) is 47.6 Å². The van der Waals surface area contributed by atoms with Crippen LogP contribution in [-0.2, 0) is 4.79 Å². The van der Waals surface area contributed by atoms with Crippen molar-refractivity contribution in [2.45, 2.75) is 4.90 Å². The number of nitrogens with zero attached hydrogens (tertiary/aromatic N) is 1. The first-order valence-electron chi connectivity index (χ1n) is 5.53. The highest BCUT2D eigenvalue weighted by Crippen LogP contribution is 2.19. The number of aromatic nitrogens is 1. The molecule has 1 aromatic heterocycles. The highest BCUT2D eigenvalue weighted by molar-refractivity contribution is 8.00. The Kier molecular flexibility index (Phi) is 4.65. The molecule has 1 heterocycles. The lowest BCUT2D eigenvalue weighted by atomic mass is 10.3. The molecule has 1 aromatic carbocycles. The third-order valence-electron chi connectivity index (χ3n) is 2.24. The fraction of sp³-hybridized carbons (Fsp3) is 0.0769. The predicted octanol–water partition coefficient (Wildman–Crippen LogP) is 3.05. The molecule has 6 heteroatoms. The fourth-order valence-corrected chi connectivity index (χ4v) is 2.24. The average Bonchev–Trinajstić information content (AvgIpc) is 2.38. The number of hydrogen-bond donors (Lipinski definition) is 2. The molecule has 0 aliphatic rings. The number of benzene rings is 1. The lowest BCUT2D eigenvalue weighted by Crippen LogP contribution is -2.13. The molecule has 0 aliphatic carbocycles. The smallest absolute Gasteiger partial charge is 0.234 e. The number of amides is 1. The van der Waals surface area contributed by atoms with Crippen LogP contribution in [0.25, 0.3) is 0 Å². The van der Waals surface area contributed by atoms with Crippen molar-refractivity contribution in [1.82, 2.24) is 4.98 Å². The number of halogens is 1. The summed E-state index contributed by atoms with van der Waals surface area (Å²) in [5.41, 5.74) is 6.18. The van der Waals surface area contributed by atoms with E-state index in [1.807, 2.05) is 6.07 Å². The van der Waals surface area contributed by atoms with Crippen LogP contribution >= 0.6 is 23.4 Å². The monoisotopic (exact) mass is 293 g/mol. The van der Waals surface area contributed by atoms with Crippen molar-refractivity contribution < 1.29 is 4.79 Å². The molecular formula is C13H12ClN3OS. The minimum atomic E-state index is -0.0934. The molecular weight excluding hydrogens is 282 g/mol. The van der Waals surface area contributed by atoms with Gasteiger partial charge in [-0.05, 0) is 30.3 Å². The van der Waals surface area contributed by atoms with Gasteiger partial charge in [0, 0.05) is 21.8 Å². The van der Waals surface area contributed by atoms with Gasteiger partial charge in [0.25, 0.3) is 0 Å². The number of carbonyl (C=O) groups is 1. The Labute approximate surface area is 120 Å². The summed E-state index contributed by atoms with van der Waals surface area (Å²) in [4.78, 5) is 16.6. The second-order valence-corrected chi connectivity index (χ2v) is 5.25. The molecule has 2 rings (SSSR count). The number of pyridine rings is 1. The molecule has 4 nitrogen and oxygen atoms in total. The van der Waals surface area contributed by atoms with Crippen LogP contribution < -0.4 is 11.1 Å². The number of hydrogen-bond acceptors (Lipinski definition) is 4.